The van der Waals surface area contributed by atoms with Crippen LogP contribution in [0.1, 0.15) is 5.56 Å². The van der Waals surface area contributed by atoms with Crippen molar-refractivity contribution in [3.8, 4) is 11.3 Å². The number of aromatic nitrogens is 3. The van der Waals surface area contributed by atoms with Gasteiger partial charge in [-0.25, -0.2) is 0 Å². The molecule has 3 rings (SSSR count). The number of anilines is 1. The molecule has 1 amide bonds. The predicted octanol–water partition coefficient (Wildman–Crippen LogP) is 3.52. The van der Waals surface area contributed by atoms with E-state index >= 15 is 0 Å². The van der Waals surface area contributed by atoms with Gasteiger partial charge in [0.1, 0.15) is 0 Å². The quantitative estimate of drug-likeness (QED) is 0.655. The Morgan fingerprint density at radius 3 is 2.46 bits per heavy atom. The number of aromatic amines is 1. The molecule has 0 aliphatic rings. The third-order valence-corrected chi connectivity index (χ3v) is 4.58. The number of rotatable bonds is 5. The average Bonchev–Trinajstić information content (AvgIpc) is 2.63. The van der Waals surface area contributed by atoms with Gasteiger partial charge < -0.3 is 5.32 Å². The molecule has 0 fully saturated rings. The maximum absolute atomic E-state index is 12.2. The van der Waals surface area contributed by atoms with E-state index in [9.17, 15) is 9.59 Å². The molecule has 0 aliphatic carbocycles. The van der Waals surface area contributed by atoms with Gasteiger partial charge in [-0.3, -0.25) is 14.6 Å². The summed E-state index contributed by atoms with van der Waals surface area (Å²) in [5, 5.41) is 11.6. The van der Waals surface area contributed by atoms with E-state index in [1.807, 2.05) is 31.2 Å². The minimum absolute atomic E-state index is 0.0944. The largest absolute Gasteiger partial charge is 0.325 e. The molecule has 8 heteroatoms. The molecule has 2 aromatic carbocycles. The maximum atomic E-state index is 12.2. The zero-order chi connectivity index (χ0) is 18.5. The number of hydrogen-bond donors (Lipinski definition) is 2. The molecule has 26 heavy (non-hydrogen) atoms. The fraction of sp³-hybridized carbons (Fsp3) is 0.111. The van der Waals surface area contributed by atoms with Crippen molar-refractivity contribution in [1.82, 2.24) is 15.2 Å². The van der Waals surface area contributed by atoms with Gasteiger partial charge in [0.2, 0.25) is 5.91 Å². The van der Waals surface area contributed by atoms with Crippen LogP contribution in [-0.2, 0) is 4.79 Å². The maximum Gasteiger partial charge on any atom is 0.278 e. The number of H-pyrrole nitrogens is 1. The summed E-state index contributed by atoms with van der Waals surface area (Å²) in [6.45, 7) is 1.97. The highest BCUT2D eigenvalue weighted by molar-refractivity contribution is 7.99. The van der Waals surface area contributed by atoms with Crippen LogP contribution in [-0.4, -0.2) is 26.8 Å². The van der Waals surface area contributed by atoms with Crippen molar-refractivity contribution in [3.63, 3.8) is 0 Å². The number of carbonyl (C=O) groups excluding carboxylic acids is 1. The molecule has 2 N–H and O–H groups in total. The number of aryl methyl sites for hydroxylation is 1. The second kappa shape index (κ2) is 8.16. The van der Waals surface area contributed by atoms with Crippen molar-refractivity contribution >= 4 is 35.0 Å². The average molecular weight is 387 g/mol. The van der Waals surface area contributed by atoms with Crippen molar-refractivity contribution in [2.45, 2.75) is 12.1 Å². The number of hydrogen-bond acceptors (Lipinski definition) is 5. The number of benzene rings is 2. The van der Waals surface area contributed by atoms with Crippen LogP contribution in [0.25, 0.3) is 11.3 Å². The summed E-state index contributed by atoms with van der Waals surface area (Å²) in [6, 6.07) is 14.3. The van der Waals surface area contributed by atoms with Crippen molar-refractivity contribution in [1.29, 1.82) is 0 Å². The van der Waals surface area contributed by atoms with Gasteiger partial charge in [-0.05, 0) is 31.2 Å². The van der Waals surface area contributed by atoms with Crippen molar-refractivity contribution < 1.29 is 4.79 Å². The summed E-state index contributed by atoms with van der Waals surface area (Å²) >= 11 is 6.91. The Kier molecular flexibility index (Phi) is 5.70. The lowest BCUT2D eigenvalue weighted by atomic mass is 10.1. The molecule has 0 unspecified atom stereocenters. The van der Waals surface area contributed by atoms with Crippen LogP contribution in [0.15, 0.2) is 58.5 Å². The zero-order valence-corrected chi connectivity index (χ0v) is 15.4. The number of amides is 1. The van der Waals surface area contributed by atoms with Crippen LogP contribution in [0.3, 0.4) is 0 Å². The molecular weight excluding hydrogens is 372 g/mol. The molecule has 0 bridgehead atoms. The van der Waals surface area contributed by atoms with E-state index in [1.165, 1.54) is 0 Å². The molecule has 132 valence electrons. The Balaban J connectivity index is 1.62. The van der Waals surface area contributed by atoms with E-state index in [0.717, 1.165) is 17.3 Å². The van der Waals surface area contributed by atoms with Gasteiger partial charge in [0, 0.05) is 16.3 Å². The highest BCUT2D eigenvalue weighted by atomic mass is 35.5. The van der Waals surface area contributed by atoms with E-state index in [1.54, 1.807) is 24.3 Å². The van der Waals surface area contributed by atoms with Crippen molar-refractivity contribution in [3.05, 3.63) is 69.5 Å². The highest BCUT2D eigenvalue weighted by Crippen LogP contribution is 2.17. The van der Waals surface area contributed by atoms with Crippen LogP contribution in [0.2, 0.25) is 5.02 Å². The molecule has 0 saturated heterocycles. The molecule has 3 aromatic rings. The fourth-order valence-corrected chi connectivity index (χ4v) is 2.88. The summed E-state index contributed by atoms with van der Waals surface area (Å²) in [4.78, 5) is 26.8. The Labute approximate surface area is 159 Å². The van der Waals surface area contributed by atoms with Crippen LogP contribution in [0.5, 0.6) is 0 Å². The highest BCUT2D eigenvalue weighted by Gasteiger charge is 2.10. The Hall–Kier alpha value is -2.64. The third kappa shape index (κ3) is 4.71. The van der Waals surface area contributed by atoms with E-state index in [0.29, 0.717) is 16.3 Å². The standard InChI is InChI=1S/C18H15ClN4O2S/c1-11-2-4-12(5-3-11)16-17(25)21-18(23-22-16)26-10-15(24)20-14-8-6-13(19)7-9-14/h2-9H,10H2,1H3,(H,20,24)(H,21,23,25). The monoisotopic (exact) mass is 386 g/mol. The molecule has 1 aromatic heterocycles. The van der Waals surface area contributed by atoms with Gasteiger partial charge in [0.25, 0.3) is 5.56 Å². The first-order valence-electron chi connectivity index (χ1n) is 7.73. The van der Waals surface area contributed by atoms with Gasteiger partial charge in [-0.1, -0.05) is 53.2 Å². The van der Waals surface area contributed by atoms with Gasteiger partial charge in [-0.15, -0.1) is 10.2 Å². The predicted molar refractivity (Wildman–Crippen MR) is 104 cm³/mol. The second-order valence-electron chi connectivity index (χ2n) is 5.52. The molecule has 0 spiro atoms. The number of nitrogens with zero attached hydrogens (tertiary/aromatic N) is 2. The number of thioether (sulfide) groups is 1. The van der Waals surface area contributed by atoms with Crippen LogP contribution in [0, 0.1) is 6.92 Å². The minimum Gasteiger partial charge on any atom is -0.325 e. The van der Waals surface area contributed by atoms with Gasteiger partial charge in [0.05, 0.1) is 5.75 Å². The Bertz CT molecular complexity index is 972. The normalized spacial score (nSPS) is 10.5. The van der Waals surface area contributed by atoms with E-state index in [2.05, 4.69) is 20.5 Å². The Morgan fingerprint density at radius 1 is 1.12 bits per heavy atom. The summed E-state index contributed by atoms with van der Waals surface area (Å²) in [5.41, 5.74) is 2.34. The lowest BCUT2D eigenvalue weighted by molar-refractivity contribution is -0.113. The van der Waals surface area contributed by atoms with Crippen molar-refractivity contribution in [2.24, 2.45) is 0 Å². The molecule has 0 aliphatic heterocycles. The third-order valence-electron chi connectivity index (χ3n) is 3.47. The van der Waals surface area contributed by atoms with Gasteiger partial charge in [-0.2, -0.15) is 0 Å². The van der Waals surface area contributed by atoms with E-state index in [-0.39, 0.29) is 28.1 Å². The molecule has 1 heterocycles. The lowest BCUT2D eigenvalue weighted by Crippen LogP contribution is -2.17. The SMILES string of the molecule is Cc1ccc(-c2nnc(SCC(=O)Nc3ccc(Cl)cc3)[nH]c2=O)cc1. The second-order valence-corrected chi connectivity index (χ2v) is 6.92. The van der Waals surface area contributed by atoms with Crippen LogP contribution in [0.4, 0.5) is 5.69 Å². The number of nitrogens with one attached hydrogen (secondary N) is 2. The number of carbonyl (C=O) groups is 1. The van der Waals surface area contributed by atoms with Gasteiger partial charge in [0.15, 0.2) is 10.9 Å². The molecule has 0 radical (unpaired) electrons. The van der Waals surface area contributed by atoms with E-state index in [4.69, 9.17) is 11.6 Å². The fourth-order valence-electron chi connectivity index (χ4n) is 2.15. The van der Waals surface area contributed by atoms with Crippen LogP contribution >= 0.6 is 23.4 Å². The summed E-state index contributed by atoms with van der Waals surface area (Å²) in [6.07, 6.45) is 0. The molecule has 0 atom stereocenters. The number of halogens is 1. The first-order valence-corrected chi connectivity index (χ1v) is 9.10. The summed E-state index contributed by atoms with van der Waals surface area (Å²) < 4.78 is 0. The first kappa shape index (κ1) is 18.2. The van der Waals surface area contributed by atoms with E-state index < -0.39 is 0 Å². The molecule has 0 saturated carbocycles. The van der Waals surface area contributed by atoms with Crippen molar-refractivity contribution in [2.75, 3.05) is 11.1 Å². The lowest BCUT2D eigenvalue weighted by Gasteiger charge is -2.05. The van der Waals surface area contributed by atoms with Gasteiger partial charge >= 0.3 is 0 Å². The summed E-state index contributed by atoms with van der Waals surface area (Å²) in [5.74, 6) is -0.125. The topological polar surface area (TPSA) is 87.7 Å². The zero-order valence-electron chi connectivity index (χ0n) is 13.8. The minimum atomic E-state index is -0.343. The molecular formula is C18H15ClN4O2S. The smallest absolute Gasteiger partial charge is 0.278 e. The first-order chi connectivity index (χ1) is 12.5. The Morgan fingerprint density at radius 2 is 1.81 bits per heavy atom. The van der Waals surface area contributed by atoms with Crippen LogP contribution < -0.4 is 10.9 Å². The molecule has 6 nitrogen and oxygen atoms in total. The summed E-state index contributed by atoms with van der Waals surface area (Å²) in [7, 11) is 0.